The monoisotopic (exact) mass is 332 g/mol. The second-order valence-corrected chi connectivity index (χ2v) is 5.72. The molecule has 4 heteroatoms. The van der Waals surface area contributed by atoms with Gasteiger partial charge in [0.25, 0.3) is 0 Å². The Morgan fingerprint density at radius 2 is 1.57 bits per heavy atom. The largest absolute Gasteiger partial charge is 0.345 e. The Hall–Kier alpha value is -1.84. The first-order valence-corrected chi connectivity index (χ1v) is 7.69. The number of carbonyl (C=O) groups is 1. The Kier molecular flexibility index (Phi) is 7.79. The summed E-state index contributed by atoms with van der Waals surface area (Å²) in [5.41, 5.74) is 8.47. The van der Waals surface area contributed by atoms with Gasteiger partial charge in [-0.15, -0.1) is 12.4 Å². The zero-order valence-electron chi connectivity index (χ0n) is 13.7. The maximum absolute atomic E-state index is 12.5. The van der Waals surface area contributed by atoms with Gasteiger partial charge in [-0.25, -0.2) is 0 Å². The van der Waals surface area contributed by atoms with Gasteiger partial charge in [-0.1, -0.05) is 67.6 Å². The number of carbonyl (C=O) groups excluding carboxylic acids is 1. The van der Waals surface area contributed by atoms with E-state index in [0.717, 1.165) is 12.0 Å². The van der Waals surface area contributed by atoms with E-state index >= 15 is 0 Å². The maximum atomic E-state index is 12.5. The van der Waals surface area contributed by atoms with Crippen LogP contribution < -0.4 is 5.73 Å². The summed E-state index contributed by atoms with van der Waals surface area (Å²) in [7, 11) is 1.85. The molecule has 2 aromatic carbocycles. The second-order valence-electron chi connectivity index (χ2n) is 5.72. The molecule has 0 fully saturated rings. The standard InChI is InChI=1S/C19H24N2O.ClH/c1-15(18(20)17-11-7-4-8-12-17)19(22)21(2)14-13-16-9-5-3-6-10-16;/h3-12,15,18H,13-14,20H2,1-2H3;1H. The van der Waals surface area contributed by atoms with Crippen LogP contribution in [0.2, 0.25) is 0 Å². The van der Waals surface area contributed by atoms with Crippen molar-refractivity contribution in [2.75, 3.05) is 13.6 Å². The van der Waals surface area contributed by atoms with Gasteiger partial charge in [-0.3, -0.25) is 4.79 Å². The van der Waals surface area contributed by atoms with Crippen LogP contribution in [-0.4, -0.2) is 24.4 Å². The van der Waals surface area contributed by atoms with E-state index < -0.39 is 0 Å². The van der Waals surface area contributed by atoms with E-state index in [9.17, 15) is 4.79 Å². The summed E-state index contributed by atoms with van der Waals surface area (Å²) in [6.07, 6.45) is 0.858. The third-order valence-corrected chi connectivity index (χ3v) is 4.07. The van der Waals surface area contributed by atoms with Crippen molar-refractivity contribution >= 4 is 18.3 Å². The van der Waals surface area contributed by atoms with Crippen molar-refractivity contribution in [3.8, 4) is 0 Å². The second kappa shape index (κ2) is 9.33. The van der Waals surface area contributed by atoms with Crippen LogP contribution in [0.3, 0.4) is 0 Å². The van der Waals surface area contributed by atoms with Gasteiger partial charge >= 0.3 is 0 Å². The Morgan fingerprint density at radius 3 is 2.13 bits per heavy atom. The molecule has 0 saturated heterocycles. The highest BCUT2D eigenvalue weighted by Crippen LogP contribution is 2.20. The Morgan fingerprint density at radius 1 is 1.04 bits per heavy atom. The van der Waals surface area contributed by atoms with Gasteiger partial charge in [-0.2, -0.15) is 0 Å². The fraction of sp³-hybridized carbons (Fsp3) is 0.316. The summed E-state index contributed by atoms with van der Waals surface area (Å²) in [6, 6.07) is 19.7. The van der Waals surface area contributed by atoms with Crippen LogP contribution in [-0.2, 0) is 11.2 Å². The molecule has 0 radical (unpaired) electrons. The van der Waals surface area contributed by atoms with Gasteiger partial charge < -0.3 is 10.6 Å². The van der Waals surface area contributed by atoms with Gasteiger partial charge in [0, 0.05) is 19.6 Å². The van der Waals surface area contributed by atoms with Crippen molar-refractivity contribution in [1.82, 2.24) is 4.90 Å². The summed E-state index contributed by atoms with van der Waals surface area (Å²) in [6.45, 7) is 2.60. The van der Waals surface area contributed by atoms with Gasteiger partial charge in [0.1, 0.15) is 0 Å². The molecule has 2 rings (SSSR count). The number of rotatable bonds is 6. The van der Waals surface area contributed by atoms with Gasteiger partial charge in [-0.05, 0) is 17.5 Å². The predicted octanol–water partition coefficient (Wildman–Crippen LogP) is 3.45. The van der Waals surface area contributed by atoms with E-state index in [4.69, 9.17) is 5.73 Å². The molecular formula is C19H25ClN2O. The zero-order chi connectivity index (χ0) is 15.9. The lowest BCUT2D eigenvalue weighted by Gasteiger charge is -2.25. The zero-order valence-corrected chi connectivity index (χ0v) is 14.5. The highest BCUT2D eigenvalue weighted by atomic mass is 35.5. The number of nitrogens with zero attached hydrogens (tertiary/aromatic N) is 1. The molecule has 0 aliphatic heterocycles. The van der Waals surface area contributed by atoms with E-state index in [1.807, 2.05) is 62.5 Å². The number of likely N-dealkylation sites (N-methyl/N-ethyl adjacent to an activating group) is 1. The Balaban J connectivity index is 0.00000264. The van der Waals surface area contributed by atoms with Crippen molar-refractivity contribution in [3.05, 3.63) is 71.8 Å². The van der Waals surface area contributed by atoms with Crippen LogP contribution in [0.5, 0.6) is 0 Å². The molecule has 0 saturated carbocycles. The first kappa shape index (κ1) is 19.2. The highest BCUT2D eigenvalue weighted by Gasteiger charge is 2.24. The van der Waals surface area contributed by atoms with Crippen LogP contribution in [0, 0.1) is 5.92 Å². The topological polar surface area (TPSA) is 46.3 Å². The van der Waals surface area contributed by atoms with Crippen molar-refractivity contribution in [3.63, 3.8) is 0 Å². The number of hydrogen-bond acceptors (Lipinski definition) is 2. The van der Waals surface area contributed by atoms with E-state index in [0.29, 0.717) is 6.54 Å². The summed E-state index contributed by atoms with van der Waals surface area (Å²) in [4.78, 5) is 14.3. The summed E-state index contributed by atoms with van der Waals surface area (Å²) in [5.74, 6) is -0.143. The summed E-state index contributed by atoms with van der Waals surface area (Å²) < 4.78 is 0. The SMILES string of the molecule is CC(C(=O)N(C)CCc1ccccc1)C(N)c1ccccc1.Cl. The molecule has 0 aromatic heterocycles. The highest BCUT2D eigenvalue weighted by molar-refractivity contribution is 5.85. The molecule has 2 unspecified atom stereocenters. The van der Waals surface area contributed by atoms with Crippen molar-refractivity contribution in [2.24, 2.45) is 11.7 Å². The molecule has 0 spiro atoms. The number of hydrogen-bond donors (Lipinski definition) is 1. The first-order valence-electron chi connectivity index (χ1n) is 7.69. The van der Waals surface area contributed by atoms with E-state index in [1.165, 1.54) is 5.56 Å². The Bertz CT molecular complexity index is 589. The smallest absolute Gasteiger partial charge is 0.227 e. The van der Waals surface area contributed by atoms with E-state index in [2.05, 4.69) is 12.1 Å². The molecule has 0 heterocycles. The number of amides is 1. The van der Waals surface area contributed by atoms with E-state index in [-0.39, 0.29) is 30.3 Å². The van der Waals surface area contributed by atoms with Gasteiger partial charge in [0.05, 0.1) is 5.92 Å². The van der Waals surface area contributed by atoms with Crippen molar-refractivity contribution in [1.29, 1.82) is 0 Å². The lowest BCUT2D eigenvalue weighted by atomic mass is 9.94. The molecule has 3 nitrogen and oxygen atoms in total. The molecule has 0 bridgehead atoms. The molecule has 2 N–H and O–H groups in total. The van der Waals surface area contributed by atoms with Crippen molar-refractivity contribution in [2.45, 2.75) is 19.4 Å². The fourth-order valence-electron chi connectivity index (χ4n) is 2.52. The minimum atomic E-state index is -0.270. The van der Waals surface area contributed by atoms with Gasteiger partial charge in [0.15, 0.2) is 0 Å². The number of halogens is 1. The average Bonchev–Trinajstić information content (AvgIpc) is 2.59. The van der Waals surface area contributed by atoms with E-state index in [1.54, 1.807) is 4.90 Å². The van der Waals surface area contributed by atoms with Crippen LogP contribution in [0.1, 0.15) is 24.1 Å². The third kappa shape index (κ3) is 5.38. The minimum Gasteiger partial charge on any atom is -0.345 e. The molecular weight excluding hydrogens is 308 g/mol. The third-order valence-electron chi connectivity index (χ3n) is 4.07. The van der Waals surface area contributed by atoms with Crippen LogP contribution >= 0.6 is 12.4 Å². The Labute approximate surface area is 144 Å². The molecule has 2 atom stereocenters. The van der Waals surface area contributed by atoms with Crippen LogP contribution in [0.25, 0.3) is 0 Å². The quantitative estimate of drug-likeness (QED) is 0.880. The molecule has 0 aliphatic rings. The van der Waals surface area contributed by atoms with Crippen LogP contribution in [0.4, 0.5) is 0 Å². The van der Waals surface area contributed by atoms with Crippen molar-refractivity contribution < 1.29 is 4.79 Å². The molecule has 124 valence electrons. The first-order chi connectivity index (χ1) is 10.6. The van der Waals surface area contributed by atoms with Crippen LogP contribution in [0.15, 0.2) is 60.7 Å². The normalized spacial score (nSPS) is 12.8. The lowest BCUT2D eigenvalue weighted by molar-refractivity contribution is -0.134. The summed E-state index contributed by atoms with van der Waals surface area (Å²) >= 11 is 0. The van der Waals surface area contributed by atoms with Gasteiger partial charge in [0.2, 0.25) is 5.91 Å². The maximum Gasteiger partial charge on any atom is 0.227 e. The molecule has 1 amide bonds. The number of nitrogens with two attached hydrogens (primary N) is 1. The average molecular weight is 333 g/mol. The molecule has 0 aliphatic carbocycles. The molecule has 2 aromatic rings. The molecule has 23 heavy (non-hydrogen) atoms. The predicted molar refractivity (Wildman–Crippen MR) is 97.6 cm³/mol. The lowest BCUT2D eigenvalue weighted by Crippen LogP contribution is -2.38. The summed E-state index contributed by atoms with van der Waals surface area (Å²) in [5, 5.41) is 0. The minimum absolute atomic E-state index is 0. The fourth-order valence-corrected chi connectivity index (χ4v) is 2.52. The number of benzene rings is 2.